The molecule has 1 heterocycles. The van der Waals surface area contributed by atoms with Gasteiger partial charge in [-0.25, -0.2) is 0 Å². The van der Waals surface area contributed by atoms with Crippen LogP contribution < -0.4 is 5.32 Å². The van der Waals surface area contributed by atoms with Crippen LogP contribution in [0.5, 0.6) is 0 Å². The second-order valence-electron chi connectivity index (χ2n) is 7.29. The van der Waals surface area contributed by atoms with Crippen molar-refractivity contribution in [3.63, 3.8) is 0 Å². The molecule has 27 heavy (non-hydrogen) atoms. The smallest absolute Gasteiger partial charge is 0.245 e. The third-order valence-electron chi connectivity index (χ3n) is 4.96. The first kappa shape index (κ1) is 23.2. The zero-order chi connectivity index (χ0) is 19.9. The molecule has 0 saturated heterocycles. The molecule has 0 saturated carbocycles. The first-order valence-electron chi connectivity index (χ1n) is 10.6. The van der Waals surface area contributed by atoms with Gasteiger partial charge in [-0.15, -0.1) is 0 Å². The van der Waals surface area contributed by atoms with Crippen molar-refractivity contribution in [2.24, 2.45) is 0 Å². The molecule has 0 radical (unpaired) electrons. The predicted octanol–water partition coefficient (Wildman–Crippen LogP) is 5.16. The van der Waals surface area contributed by atoms with Crippen LogP contribution in [0.1, 0.15) is 91.4 Å². The maximum Gasteiger partial charge on any atom is 0.245 e. The van der Waals surface area contributed by atoms with E-state index in [0.717, 1.165) is 19.3 Å². The average molecular weight is 380 g/mol. The van der Waals surface area contributed by atoms with E-state index in [9.17, 15) is 9.59 Å². The van der Waals surface area contributed by atoms with Crippen LogP contribution in [0.25, 0.3) is 0 Å². The summed E-state index contributed by atoms with van der Waals surface area (Å²) in [5.41, 5.74) is 0. The van der Waals surface area contributed by atoms with Gasteiger partial charge in [-0.05, 0) is 19.8 Å². The minimum atomic E-state index is -0.246. The Morgan fingerprint density at radius 1 is 1.07 bits per heavy atom. The molecule has 0 bridgehead atoms. The van der Waals surface area contributed by atoms with E-state index in [1.54, 1.807) is 11.0 Å². The number of nitrogens with zero attached hydrogens (tertiary/aromatic N) is 2. The number of carbonyl (C=O) groups is 2. The second kappa shape index (κ2) is 14.2. The molecule has 1 atom stereocenters. The lowest BCUT2D eigenvalue weighted by Gasteiger charge is -2.28. The minimum absolute atomic E-state index is 0.0409. The van der Waals surface area contributed by atoms with Crippen molar-refractivity contribution in [1.29, 1.82) is 0 Å². The summed E-state index contributed by atoms with van der Waals surface area (Å²) in [4.78, 5) is 26.5. The van der Waals surface area contributed by atoms with Crippen molar-refractivity contribution in [3.05, 3.63) is 12.3 Å². The SMILES string of the molecule is CCCCCCCCCCCC(=O)N(CC(=O)Nc1ccon1)C(C)CC. The van der Waals surface area contributed by atoms with Gasteiger partial charge in [0.15, 0.2) is 5.82 Å². The Hall–Kier alpha value is -1.85. The summed E-state index contributed by atoms with van der Waals surface area (Å²) in [5, 5.41) is 6.32. The topological polar surface area (TPSA) is 75.4 Å². The molecule has 2 amide bonds. The van der Waals surface area contributed by atoms with E-state index < -0.39 is 0 Å². The van der Waals surface area contributed by atoms with Gasteiger partial charge < -0.3 is 14.7 Å². The molecule has 0 aliphatic heterocycles. The van der Waals surface area contributed by atoms with Crippen LogP contribution >= 0.6 is 0 Å². The van der Waals surface area contributed by atoms with Gasteiger partial charge in [0.1, 0.15) is 12.8 Å². The second-order valence-corrected chi connectivity index (χ2v) is 7.29. The fraction of sp³-hybridized carbons (Fsp3) is 0.762. The largest absolute Gasteiger partial charge is 0.363 e. The Morgan fingerprint density at radius 3 is 2.26 bits per heavy atom. The van der Waals surface area contributed by atoms with E-state index in [4.69, 9.17) is 4.52 Å². The summed E-state index contributed by atoms with van der Waals surface area (Å²) in [6, 6.07) is 1.62. The maximum absolute atomic E-state index is 12.6. The van der Waals surface area contributed by atoms with E-state index >= 15 is 0 Å². The fourth-order valence-corrected chi connectivity index (χ4v) is 3.05. The highest BCUT2D eigenvalue weighted by molar-refractivity contribution is 5.93. The molecule has 6 nitrogen and oxygen atoms in total. The zero-order valence-corrected chi connectivity index (χ0v) is 17.3. The van der Waals surface area contributed by atoms with Crippen molar-refractivity contribution in [2.45, 2.75) is 97.4 Å². The lowest BCUT2D eigenvalue weighted by atomic mass is 10.1. The molecule has 6 heteroatoms. The number of hydrogen-bond acceptors (Lipinski definition) is 4. The van der Waals surface area contributed by atoms with Gasteiger partial charge in [0.25, 0.3) is 0 Å². The minimum Gasteiger partial charge on any atom is -0.363 e. The molecule has 1 aromatic heterocycles. The van der Waals surface area contributed by atoms with E-state index in [0.29, 0.717) is 12.2 Å². The summed E-state index contributed by atoms with van der Waals surface area (Å²) in [6.45, 7) is 6.30. The molecule has 0 aliphatic rings. The highest BCUT2D eigenvalue weighted by Crippen LogP contribution is 2.13. The monoisotopic (exact) mass is 379 g/mol. The molecule has 0 fully saturated rings. The first-order chi connectivity index (χ1) is 13.1. The number of rotatable bonds is 15. The van der Waals surface area contributed by atoms with Gasteiger partial charge in [-0.3, -0.25) is 9.59 Å². The lowest BCUT2D eigenvalue weighted by molar-refractivity contribution is -0.136. The zero-order valence-electron chi connectivity index (χ0n) is 17.3. The van der Waals surface area contributed by atoms with Crippen molar-refractivity contribution in [2.75, 3.05) is 11.9 Å². The molecule has 154 valence electrons. The maximum atomic E-state index is 12.6. The Balaban J connectivity index is 2.28. The van der Waals surface area contributed by atoms with Crippen LogP contribution in [0.3, 0.4) is 0 Å². The van der Waals surface area contributed by atoms with Crippen molar-refractivity contribution in [1.82, 2.24) is 10.1 Å². The summed E-state index contributed by atoms with van der Waals surface area (Å²) in [6.07, 6.45) is 13.7. The summed E-state index contributed by atoms with van der Waals surface area (Å²) in [5.74, 6) is 0.183. The highest BCUT2D eigenvalue weighted by Gasteiger charge is 2.21. The molecule has 1 rings (SSSR count). The van der Waals surface area contributed by atoms with Gasteiger partial charge in [0.2, 0.25) is 11.8 Å². The Kier molecular flexibility index (Phi) is 12.2. The number of hydrogen-bond donors (Lipinski definition) is 1. The van der Waals surface area contributed by atoms with Crippen LogP contribution in [0.4, 0.5) is 5.82 Å². The standard InChI is InChI=1S/C21H37N3O3/c1-4-6-7-8-9-10-11-12-13-14-21(26)24(18(3)5-2)17-20(25)22-19-15-16-27-23-19/h15-16,18H,4-14,17H2,1-3H3,(H,22,23,25). The van der Waals surface area contributed by atoms with Crippen LogP contribution in [0, 0.1) is 0 Å². The lowest BCUT2D eigenvalue weighted by Crippen LogP contribution is -2.43. The molecular weight excluding hydrogens is 342 g/mol. The summed E-state index contributed by atoms with van der Waals surface area (Å²) in [7, 11) is 0. The number of amides is 2. The van der Waals surface area contributed by atoms with E-state index in [2.05, 4.69) is 17.4 Å². The van der Waals surface area contributed by atoms with Crippen LogP contribution in [-0.2, 0) is 9.59 Å². The Bertz CT molecular complexity index is 517. The highest BCUT2D eigenvalue weighted by atomic mass is 16.5. The number of anilines is 1. The molecular formula is C21H37N3O3. The van der Waals surface area contributed by atoms with Gasteiger partial charge in [-0.1, -0.05) is 70.4 Å². The molecule has 1 unspecified atom stereocenters. The van der Waals surface area contributed by atoms with Crippen LogP contribution in [0.15, 0.2) is 16.9 Å². The van der Waals surface area contributed by atoms with Crippen LogP contribution in [0.2, 0.25) is 0 Å². The number of aromatic nitrogens is 1. The Labute approximate surface area is 164 Å². The number of unbranched alkanes of at least 4 members (excludes halogenated alkanes) is 8. The summed E-state index contributed by atoms with van der Waals surface area (Å²) >= 11 is 0. The molecule has 0 aliphatic carbocycles. The third-order valence-corrected chi connectivity index (χ3v) is 4.96. The average Bonchev–Trinajstić information content (AvgIpc) is 3.16. The van der Waals surface area contributed by atoms with E-state index in [1.807, 2.05) is 13.8 Å². The Morgan fingerprint density at radius 2 is 1.70 bits per heavy atom. The van der Waals surface area contributed by atoms with E-state index in [-0.39, 0.29) is 24.4 Å². The molecule has 1 N–H and O–H groups in total. The van der Waals surface area contributed by atoms with Gasteiger partial charge in [-0.2, -0.15) is 0 Å². The fourth-order valence-electron chi connectivity index (χ4n) is 3.05. The quantitative estimate of drug-likeness (QED) is 0.427. The van der Waals surface area contributed by atoms with Gasteiger partial charge in [0, 0.05) is 18.5 Å². The van der Waals surface area contributed by atoms with Gasteiger partial charge >= 0.3 is 0 Å². The summed E-state index contributed by atoms with van der Waals surface area (Å²) < 4.78 is 4.70. The van der Waals surface area contributed by atoms with E-state index in [1.165, 1.54) is 51.2 Å². The van der Waals surface area contributed by atoms with Crippen molar-refractivity contribution < 1.29 is 14.1 Å². The molecule has 0 aromatic carbocycles. The van der Waals surface area contributed by atoms with Gasteiger partial charge in [0.05, 0.1) is 0 Å². The molecule has 0 spiro atoms. The van der Waals surface area contributed by atoms with Crippen molar-refractivity contribution >= 4 is 17.6 Å². The van der Waals surface area contributed by atoms with Crippen LogP contribution in [-0.4, -0.2) is 34.5 Å². The first-order valence-corrected chi connectivity index (χ1v) is 10.6. The number of carbonyl (C=O) groups excluding carboxylic acids is 2. The third kappa shape index (κ3) is 10.2. The normalized spacial score (nSPS) is 12.0. The van der Waals surface area contributed by atoms with Crippen molar-refractivity contribution in [3.8, 4) is 0 Å². The molecule has 1 aromatic rings. The predicted molar refractivity (Wildman–Crippen MR) is 108 cm³/mol. The number of nitrogens with one attached hydrogen (secondary N) is 1.